The highest BCUT2D eigenvalue weighted by atomic mass is 15.2. The van der Waals surface area contributed by atoms with E-state index in [-0.39, 0.29) is 0 Å². The number of unbranched alkanes of at least 4 members (excludes halogenated alkanes) is 1. The van der Waals surface area contributed by atoms with Crippen LogP contribution in [0, 0.1) is 11.8 Å². The lowest BCUT2D eigenvalue weighted by molar-refractivity contribution is 0.0172. The molecule has 0 spiro atoms. The van der Waals surface area contributed by atoms with Crippen LogP contribution in [0.25, 0.3) is 0 Å². The van der Waals surface area contributed by atoms with Gasteiger partial charge in [0, 0.05) is 32.2 Å². The Labute approximate surface area is 101 Å². The van der Waals surface area contributed by atoms with E-state index in [0.717, 1.165) is 17.9 Å². The number of fused-ring (bicyclic) bond motifs is 2. The molecule has 0 radical (unpaired) electrons. The summed E-state index contributed by atoms with van der Waals surface area (Å²) in [5.74, 6) is 1.90. The van der Waals surface area contributed by atoms with Gasteiger partial charge in [0.15, 0.2) is 0 Å². The molecule has 2 rings (SSSR count). The third-order valence-electron chi connectivity index (χ3n) is 4.24. The van der Waals surface area contributed by atoms with E-state index in [1.165, 1.54) is 52.0 Å². The molecule has 2 heterocycles. The maximum Gasteiger partial charge on any atom is 0.00388 e. The standard InChI is InChI=1S/C14H28N2/c1-4-5-6-15-8-13-7-14(9-15)11-16(10-13)12(2)3/h12-14H,4-11H2,1-3H3. The zero-order valence-corrected chi connectivity index (χ0v) is 11.3. The molecule has 0 saturated carbocycles. The van der Waals surface area contributed by atoms with Crippen molar-refractivity contribution in [3.63, 3.8) is 0 Å². The van der Waals surface area contributed by atoms with Crippen molar-refractivity contribution in [1.82, 2.24) is 9.80 Å². The van der Waals surface area contributed by atoms with Gasteiger partial charge in [0.2, 0.25) is 0 Å². The highest BCUT2D eigenvalue weighted by molar-refractivity contribution is 4.88. The summed E-state index contributed by atoms with van der Waals surface area (Å²) in [6.45, 7) is 13.7. The van der Waals surface area contributed by atoms with Crippen LogP contribution in [0.15, 0.2) is 0 Å². The minimum atomic E-state index is 0.743. The van der Waals surface area contributed by atoms with Crippen LogP contribution in [0.2, 0.25) is 0 Å². The number of hydrogen-bond donors (Lipinski definition) is 0. The molecule has 94 valence electrons. The molecule has 0 aromatic heterocycles. The molecule has 2 nitrogen and oxygen atoms in total. The fraction of sp³-hybridized carbons (Fsp3) is 1.00. The second kappa shape index (κ2) is 5.50. The first-order chi connectivity index (χ1) is 7.69. The summed E-state index contributed by atoms with van der Waals surface area (Å²) in [5, 5.41) is 0. The van der Waals surface area contributed by atoms with Crippen molar-refractivity contribution in [2.24, 2.45) is 11.8 Å². The molecule has 2 fully saturated rings. The Balaban J connectivity index is 1.85. The van der Waals surface area contributed by atoms with Crippen LogP contribution in [0.4, 0.5) is 0 Å². The van der Waals surface area contributed by atoms with Crippen molar-refractivity contribution in [3.05, 3.63) is 0 Å². The minimum Gasteiger partial charge on any atom is -0.303 e. The number of hydrogen-bond acceptors (Lipinski definition) is 2. The smallest absolute Gasteiger partial charge is 0.00388 e. The molecule has 16 heavy (non-hydrogen) atoms. The highest BCUT2D eigenvalue weighted by Crippen LogP contribution is 2.29. The summed E-state index contributed by atoms with van der Waals surface area (Å²) in [6, 6.07) is 0.743. The fourth-order valence-electron chi connectivity index (χ4n) is 3.41. The molecule has 2 heteroatoms. The van der Waals surface area contributed by atoms with E-state index in [9.17, 15) is 0 Å². The SMILES string of the molecule is CCCCN1CC2CC(C1)CN(C(C)C)C2. The predicted octanol–water partition coefficient (Wildman–Crippen LogP) is 2.45. The number of nitrogens with zero attached hydrogens (tertiary/aromatic N) is 2. The molecule has 2 saturated heterocycles. The van der Waals surface area contributed by atoms with Crippen molar-refractivity contribution < 1.29 is 0 Å². The minimum absolute atomic E-state index is 0.743. The van der Waals surface area contributed by atoms with Crippen molar-refractivity contribution in [3.8, 4) is 0 Å². The first-order valence-electron chi connectivity index (χ1n) is 7.15. The second-order valence-electron chi connectivity index (χ2n) is 6.13. The predicted molar refractivity (Wildman–Crippen MR) is 69.7 cm³/mol. The monoisotopic (exact) mass is 224 g/mol. The van der Waals surface area contributed by atoms with Crippen LogP contribution in [-0.4, -0.2) is 48.6 Å². The van der Waals surface area contributed by atoms with Crippen LogP contribution in [-0.2, 0) is 0 Å². The molecule has 2 aliphatic rings. The molecule has 2 atom stereocenters. The van der Waals surface area contributed by atoms with Gasteiger partial charge in [0.1, 0.15) is 0 Å². The van der Waals surface area contributed by atoms with Crippen molar-refractivity contribution in [1.29, 1.82) is 0 Å². The number of piperidine rings is 2. The van der Waals surface area contributed by atoms with Gasteiger partial charge in [-0.2, -0.15) is 0 Å². The highest BCUT2D eigenvalue weighted by Gasteiger charge is 2.34. The molecule has 2 aliphatic heterocycles. The molecule has 0 N–H and O–H groups in total. The van der Waals surface area contributed by atoms with E-state index in [2.05, 4.69) is 30.6 Å². The van der Waals surface area contributed by atoms with Gasteiger partial charge in [-0.15, -0.1) is 0 Å². The summed E-state index contributed by atoms with van der Waals surface area (Å²) in [4.78, 5) is 5.41. The fourth-order valence-corrected chi connectivity index (χ4v) is 3.41. The van der Waals surface area contributed by atoms with Crippen LogP contribution < -0.4 is 0 Å². The van der Waals surface area contributed by atoms with E-state index in [1.807, 2.05) is 0 Å². The van der Waals surface area contributed by atoms with Crippen molar-refractivity contribution in [2.75, 3.05) is 32.7 Å². The van der Waals surface area contributed by atoms with Crippen LogP contribution in [0.5, 0.6) is 0 Å². The maximum atomic E-state index is 2.72. The normalized spacial score (nSPS) is 32.2. The average molecular weight is 224 g/mol. The summed E-state index contributed by atoms with van der Waals surface area (Å²) in [7, 11) is 0. The summed E-state index contributed by atoms with van der Waals surface area (Å²) in [6.07, 6.45) is 4.21. The van der Waals surface area contributed by atoms with Gasteiger partial charge in [-0.05, 0) is 45.1 Å². The van der Waals surface area contributed by atoms with Crippen molar-refractivity contribution >= 4 is 0 Å². The van der Waals surface area contributed by atoms with Crippen molar-refractivity contribution in [2.45, 2.75) is 46.1 Å². The largest absolute Gasteiger partial charge is 0.303 e. The Bertz CT molecular complexity index is 201. The van der Waals surface area contributed by atoms with Gasteiger partial charge in [-0.3, -0.25) is 0 Å². The van der Waals surface area contributed by atoms with Crippen LogP contribution in [0.1, 0.15) is 40.0 Å². The Hall–Kier alpha value is -0.0800. The lowest BCUT2D eigenvalue weighted by atomic mass is 9.84. The quantitative estimate of drug-likeness (QED) is 0.724. The number of likely N-dealkylation sites (tertiary alicyclic amines) is 2. The summed E-state index contributed by atoms with van der Waals surface area (Å²) >= 11 is 0. The Morgan fingerprint density at radius 3 is 2.19 bits per heavy atom. The lowest BCUT2D eigenvalue weighted by Gasteiger charge is -2.47. The zero-order valence-electron chi connectivity index (χ0n) is 11.3. The van der Waals surface area contributed by atoms with E-state index in [1.54, 1.807) is 0 Å². The van der Waals surface area contributed by atoms with E-state index < -0.39 is 0 Å². The maximum absolute atomic E-state index is 2.72. The lowest BCUT2D eigenvalue weighted by Crippen LogP contribution is -2.54. The molecular formula is C14H28N2. The molecule has 0 aromatic carbocycles. The summed E-state index contributed by atoms with van der Waals surface area (Å²) in [5.41, 5.74) is 0. The van der Waals surface area contributed by atoms with Gasteiger partial charge in [0.25, 0.3) is 0 Å². The van der Waals surface area contributed by atoms with E-state index >= 15 is 0 Å². The first kappa shape index (κ1) is 12.4. The molecule has 2 unspecified atom stereocenters. The molecule has 0 aromatic rings. The molecule has 0 aliphatic carbocycles. The molecule has 2 bridgehead atoms. The van der Waals surface area contributed by atoms with E-state index in [4.69, 9.17) is 0 Å². The van der Waals surface area contributed by atoms with Gasteiger partial charge < -0.3 is 9.80 Å². The third-order valence-corrected chi connectivity index (χ3v) is 4.24. The Morgan fingerprint density at radius 2 is 1.69 bits per heavy atom. The average Bonchev–Trinajstić information content (AvgIpc) is 2.25. The topological polar surface area (TPSA) is 6.48 Å². The first-order valence-corrected chi connectivity index (χ1v) is 7.15. The molecule has 0 amide bonds. The van der Waals surface area contributed by atoms with Gasteiger partial charge in [-0.1, -0.05) is 13.3 Å². The van der Waals surface area contributed by atoms with E-state index in [0.29, 0.717) is 0 Å². The summed E-state index contributed by atoms with van der Waals surface area (Å²) < 4.78 is 0. The third kappa shape index (κ3) is 2.98. The van der Waals surface area contributed by atoms with Gasteiger partial charge in [0.05, 0.1) is 0 Å². The Morgan fingerprint density at radius 1 is 1.06 bits per heavy atom. The zero-order chi connectivity index (χ0) is 11.5. The molecular weight excluding hydrogens is 196 g/mol. The number of rotatable bonds is 4. The van der Waals surface area contributed by atoms with Gasteiger partial charge >= 0.3 is 0 Å². The van der Waals surface area contributed by atoms with Crippen LogP contribution >= 0.6 is 0 Å². The second-order valence-corrected chi connectivity index (χ2v) is 6.13. The van der Waals surface area contributed by atoms with Gasteiger partial charge in [-0.25, -0.2) is 0 Å². The van der Waals surface area contributed by atoms with Crippen LogP contribution in [0.3, 0.4) is 0 Å². The Kier molecular flexibility index (Phi) is 4.26.